The molecule has 0 saturated carbocycles. The lowest BCUT2D eigenvalue weighted by atomic mass is 10.1. The van der Waals surface area contributed by atoms with Gasteiger partial charge >= 0.3 is 6.09 Å². The van der Waals surface area contributed by atoms with Gasteiger partial charge in [-0.05, 0) is 52.7 Å². The predicted molar refractivity (Wildman–Crippen MR) is 102 cm³/mol. The van der Waals surface area contributed by atoms with Crippen LogP contribution < -0.4 is 10.0 Å². The number of rotatable bonds is 7. The van der Waals surface area contributed by atoms with Gasteiger partial charge in [0.05, 0.1) is 18.0 Å². The van der Waals surface area contributed by atoms with Crippen LogP contribution in [0, 0.1) is 0 Å². The van der Waals surface area contributed by atoms with Crippen molar-refractivity contribution in [2.24, 2.45) is 0 Å². The second-order valence-corrected chi connectivity index (χ2v) is 8.10. The molecule has 3 aromatic rings. The molecular weight excluding hydrogens is 388 g/mol. The lowest BCUT2D eigenvalue weighted by Crippen LogP contribution is -2.31. The van der Waals surface area contributed by atoms with Gasteiger partial charge in [-0.2, -0.15) is 16.4 Å². The van der Waals surface area contributed by atoms with Gasteiger partial charge in [0, 0.05) is 24.6 Å². The second kappa shape index (κ2) is 8.33. The van der Waals surface area contributed by atoms with E-state index in [4.69, 9.17) is 0 Å². The molecule has 2 aromatic heterocycles. The van der Waals surface area contributed by atoms with E-state index in [2.05, 4.69) is 19.9 Å². The number of carbonyl (C=O) groups excluding carboxylic acids is 1. The fourth-order valence-electron chi connectivity index (χ4n) is 2.45. The first kappa shape index (κ1) is 19.1. The van der Waals surface area contributed by atoms with E-state index in [1.165, 1.54) is 31.4 Å². The summed E-state index contributed by atoms with van der Waals surface area (Å²) in [6, 6.07) is 9.31. The zero-order valence-corrected chi connectivity index (χ0v) is 16.0. The number of carbonyl (C=O) groups is 1. The van der Waals surface area contributed by atoms with Crippen LogP contribution in [0.2, 0.25) is 0 Å². The Bertz CT molecular complexity index is 934. The van der Waals surface area contributed by atoms with Crippen LogP contribution in [0.5, 0.6) is 0 Å². The summed E-state index contributed by atoms with van der Waals surface area (Å²) in [5.74, 6) is 0. The molecule has 142 valence electrons. The van der Waals surface area contributed by atoms with E-state index in [9.17, 15) is 13.2 Å². The van der Waals surface area contributed by atoms with E-state index >= 15 is 0 Å². The fraction of sp³-hybridized carbons (Fsp3) is 0.176. The van der Waals surface area contributed by atoms with Gasteiger partial charge in [-0.3, -0.25) is 10.00 Å². The van der Waals surface area contributed by atoms with E-state index in [1.54, 1.807) is 34.5 Å². The van der Waals surface area contributed by atoms with E-state index in [0.29, 0.717) is 5.69 Å². The lowest BCUT2D eigenvalue weighted by Gasteiger charge is -2.17. The van der Waals surface area contributed by atoms with Crippen molar-refractivity contribution in [1.29, 1.82) is 0 Å². The topological polar surface area (TPSA) is 102 Å². The zero-order chi connectivity index (χ0) is 19.3. The number of aromatic nitrogens is 2. The Morgan fingerprint density at radius 1 is 1.30 bits per heavy atom. The molecule has 10 heteroatoms. The third-order valence-corrected chi connectivity index (χ3v) is 5.98. The molecule has 0 bridgehead atoms. The average Bonchev–Trinajstić information content (AvgIpc) is 3.37. The van der Waals surface area contributed by atoms with Crippen LogP contribution in [-0.2, 0) is 14.8 Å². The molecule has 1 atom stereocenters. The number of sulfonamides is 1. The number of hydrogen-bond donors (Lipinski definition) is 2. The van der Waals surface area contributed by atoms with Crippen LogP contribution in [0.1, 0.15) is 11.6 Å². The number of benzene rings is 1. The standard InChI is InChI=1S/C17H18N4O4S2/c1-25-17(22)20-14-3-5-15(6-4-14)27(23,24)19-11-16(13-7-10-26-12-13)21-9-2-8-18-21/h2-10,12,16,19H,11H2,1H3,(H,20,22)/t16-/m0/s1. The Hall–Kier alpha value is -2.69. The molecule has 0 aliphatic heterocycles. The van der Waals surface area contributed by atoms with Crippen LogP contribution in [0.3, 0.4) is 0 Å². The molecular formula is C17H18N4O4S2. The molecule has 2 N–H and O–H groups in total. The largest absolute Gasteiger partial charge is 0.453 e. The molecule has 8 nitrogen and oxygen atoms in total. The maximum Gasteiger partial charge on any atom is 0.411 e. The number of nitrogens with one attached hydrogen (secondary N) is 2. The van der Waals surface area contributed by atoms with Crippen molar-refractivity contribution in [3.63, 3.8) is 0 Å². The molecule has 0 unspecified atom stereocenters. The van der Waals surface area contributed by atoms with Gasteiger partial charge in [-0.1, -0.05) is 0 Å². The number of anilines is 1. The van der Waals surface area contributed by atoms with Crippen LogP contribution in [0.4, 0.5) is 10.5 Å². The minimum Gasteiger partial charge on any atom is -0.453 e. The number of methoxy groups -OCH3 is 1. The summed E-state index contributed by atoms with van der Waals surface area (Å²) in [6.07, 6.45) is 2.83. The van der Waals surface area contributed by atoms with Crippen LogP contribution >= 0.6 is 11.3 Å². The number of nitrogens with zero attached hydrogens (tertiary/aromatic N) is 2. The summed E-state index contributed by atoms with van der Waals surface area (Å²) in [4.78, 5) is 11.3. The summed E-state index contributed by atoms with van der Waals surface area (Å²) < 4.78 is 34.1. The quantitative estimate of drug-likeness (QED) is 0.628. The molecule has 2 heterocycles. The Morgan fingerprint density at radius 3 is 2.67 bits per heavy atom. The van der Waals surface area contributed by atoms with Crippen LogP contribution in [0.15, 0.2) is 64.4 Å². The highest BCUT2D eigenvalue weighted by molar-refractivity contribution is 7.89. The lowest BCUT2D eigenvalue weighted by molar-refractivity contribution is 0.187. The number of thiophene rings is 1. The molecule has 0 saturated heterocycles. The number of ether oxygens (including phenoxy) is 1. The normalized spacial score (nSPS) is 12.5. The predicted octanol–water partition coefficient (Wildman–Crippen LogP) is 2.69. The molecule has 1 aromatic carbocycles. The van der Waals surface area contributed by atoms with E-state index < -0.39 is 16.1 Å². The van der Waals surface area contributed by atoms with Crippen molar-refractivity contribution in [3.8, 4) is 0 Å². The highest BCUT2D eigenvalue weighted by Gasteiger charge is 2.20. The number of amides is 1. The van der Waals surface area contributed by atoms with Crippen molar-refractivity contribution < 1.29 is 17.9 Å². The fourth-order valence-corrected chi connectivity index (χ4v) is 4.20. The summed E-state index contributed by atoms with van der Waals surface area (Å²) in [7, 11) is -2.47. The highest BCUT2D eigenvalue weighted by atomic mass is 32.2. The minimum absolute atomic E-state index is 0.0995. The first-order chi connectivity index (χ1) is 13.0. The third kappa shape index (κ3) is 4.73. The van der Waals surface area contributed by atoms with E-state index in [0.717, 1.165) is 5.56 Å². The maximum atomic E-state index is 12.6. The molecule has 0 spiro atoms. The molecule has 0 fully saturated rings. The summed E-state index contributed by atoms with van der Waals surface area (Å²) in [6.45, 7) is 0.156. The van der Waals surface area contributed by atoms with Crippen molar-refractivity contribution in [1.82, 2.24) is 14.5 Å². The Balaban J connectivity index is 1.72. The zero-order valence-electron chi connectivity index (χ0n) is 14.4. The second-order valence-electron chi connectivity index (χ2n) is 5.55. The third-order valence-electron chi connectivity index (χ3n) is 3.84. The Labute approximate surface area is 160 Å². The summed E-state index contributed by atoms with van der Waals surface area (Å²) in [5.41, 5.74) is 1.41. The SMILES string of the molecule is COC(=O)Nc1ccc(S(=O)(=O)NC[C@@H](c2ccsc2)n2cccn2)cc1. The van der Waals surface area contributed by atoms with E-state index in [1.807, 2.05) is 16.8 Å². The maximum absolute atomic E-state index is 12.6. The van der Waals surface area contributed by atoms with Gasteiger partial charge < -0.3 is 4.74 Å². The molecule has 0 aliphatic rings. The van der Waals surface area contributed by atoms with Crippen molar-refractivity contribution in [2.75, 3.05) is 19.0 Å². The first-order valence-corrected chi connectivity index (χ1v) is 10.4. The monoisotopic (exact) mass is 406 g/mol. The Kier molecular flexibility index (Phi) is 5.89. The molecule has 3 rings (SSSR count). The van der Waals surface area contributed by atoms with Gasteiger partial charge in [0.25, 0.3) is 0 Å². The van der Waals surface area contributed by atoms with Gasteiger partial charge in [0.2, 0.25) is 10.0 Å². The smallest absolute Gasteiger partial charge is 0.411 e. The molecule has 1 amide bonds. The molecule has 0 aliphatic carbocycles. The Morgan fingerprint density at radius 2 is 2.07 bits per heavy atom. The number of hydrogen-bond acceptors (Lipinski definition) is 6. The first-order valence-electron chi connectivity index (χ1n) is 7.95. The van der Waals surface area contributed by atoms with Crippen LogP contribution in [0.25, 0.3) is 0 Å². The van der Waals surface area contributed by atoms with Crippen molar-refractivity contribution in [2.45, 2.75) is 10.9 Å². The van der Waals surface area contributed by atoms with Gasteiger partial charge in [0.1, 0.15) is 0 Å². The van der Waals surface area contributed by atoms with Crippen molar-refractivity contribution >= 4 is 33.1 Å². The summed E-state index contributed by atoms with van der Waals surface area (Å²) in [5, 5.41) is 10.6. The molecule has 0 radical (unpaired) electrons. The average molecular weight is 406 g/mol. The van der Waals surface area contributed by atoms with Crippen molar-refractivity contribution in [3.05, 3.63) is 65.1 Å². The van der Waals surface area contributed by atoms with Gasteiger partial charge in [-0.15, -0.1) is 0 Å². The van der Waals surface area contributed by atoms with E-state index in [-0.39, 0.29) is 17.5 Å². The van der Waals surface area contributed by atoms with Gasteiger partial charge in [-0.25, -0.2) is 17.9 Å². The molecule has 27 heavy (non-hydrogen) atoms. The highest BCUT2D eigenvalue weighted by Crippen LogP contribution is 2.21. The van der Waals surface area contributed by atoms with Crippen LogP contribution in [-0.4, -0.2) is 37.9 Å². The minimum atomic E-state index is -3.72. The van der Waals surface area contributed by atoms with Gasteiger partial charge in [0.15, 0.2) is 0 Å². The summed E-state index contributed by atoms with van der Waals surface area (Å²) >= 11 is 1.54.